The second-order valence-corrected chi connectivity index (χ2v) is 5.30. The number of rotatable bonds is 3. The third-order valence-electron chi connectivity index (χ3n) is 2.87. The summed E-state index contributed by atoms with van der Waals surface area (Å²) in [6.45, 7) is 0.870. The topological polar surface area (TPSA) is 9.23 Å². The van der Waals surface area contributed by atoms with Gasteiger partial charge in [-0.2, -0.15) is 11.8 Å². The van der Waals surface area contributed by atoms with Gasteiger partial charge in [0.15, 0.2) is 0 Å². The Morgan fingerprint density at radius 1 is 1.38 bits per heavy atom. The molecule has 0 spiro atoms. The summed E-state index contributed by atoms with van der Waals surface area (Å²) in [5.74, 6) is 4.13. The molecule has 1 saturated heterocycles. The fourth-order valence-electron chi connectivity index (χ4n) is 1.87. The molecule has 0 aromatic heterocycles. The zero-order chi connectivity index (χ0) is 9.15. The van der Waals surface area contributed by atoms with Crippen molar-refractivity contribution in [2.24, 2.45) is 0 Å². The Morgan fingerprint density at radius 3 is 2.62 bits per heavy atom. The summed E-state index contributed by atoms with van der Waals surface area (Å²) in [7, 11) is 0. The molecule has 0 aromatic carbocycles. The predicted molar refractivity (Wildman–Crippen MR) is 56.8 cm³/mol. The van der Waals surface area contributed by atoms with Crippen molar-refractivity contribution >= 4 is 11.8 Å². The van der Waals surface area contributed by atoms with Gasteiger partial charge in [0.1, 0.15) is 5.60 Å². The van der Waals surface area contributed by atoms with Crippen molar-refractivity contribution in [1.29, 1.82) is 0 Å². The lowest BCUT2D eigenvalue weighted by atomic mass is 9.85. The molecule has 1 aliphatic heterocycles. The summed E-state index contributed by atoms with van der Waals surface area (Å²) < 4.78 is 5.89. The lowest BCUT2D eigenvalue weighted by Gasteiger charge is -2.32. The predicted octanol–water partition coefficient (Wildman–Crippen LogP) is 2.45. The van der Waals surface area contributed by atoms with Crippen LogP contribution in [0.3, 0.4) is 0 Å². The Hall–Kier alpha value is -0.130. The molecular formula is C11H16OS. The van der Waals surface area contributed by atoms with Crippen LogP contribution < -0.4 is 0 Å². The lowest BCUT2D eigenvalue weighted by Crippen LogP contribution is -2.34. The van der Waals surface area contributed by atoms with E-state index in [9.17, 15) is 0 Å². The Morgan fingerprint density at radius 2 is 2.08 bits per heavy atom. The van der Waals surface area contributed by atoms with Gasteiger partial charge in [-0.1, -0.05) is 12.3 Å². The molecule has 2 heteroatoms. The van der Waals surface area contributed by atoms with E-state index in [2.05, 4.69) is 5.92 Å². The number of terminal acetylenes is 1. The van der Waals surface area contributed by atoms with Crippen LogP contribution in [0.4, 0.5) is 0 Å². The summed E-state index contributed by atoms with van der Waals surface area (Å²) in [5.41, 5.74) is -0.193. The van der Waals surface area contributed by atoms with Crippen LogP contribution in [0.2, 0.25) is 0 Å². The SMILES string of the molecule is C#CC1(OCC2CS2)CCCCC1. The average molecular weight is 196 g/mol. The molecule has 1 heterocycles. The monoisotopic (exact) mass is 196 g/mol. The maximum atomic E-state index is 5.89. The normalized spacial score (nSPS) is 30.8. The molecule has 13 heavy (non-hydrogen) atoms. The largest absolute Gasteiger partial charge is 0.361 e. The van der Waals surface area contributed by atoms with Gasteiger partial charge in [-0.05, 0) is 25.7 Å². The minimum atomic E-state index is -0.193. The van der Waals surface area contributed by atoms with Gasteiger partial charge in [-0.3, -0.25) is 0 Å². The standard InChI is InChI=1S/C11H16OS/c1-2-11(6-4-3-5-7-11)12-8-10-9-13-10/h1,10H,3-9H2. The van der Waals surface area contributed by atoms with E-state index in [0.717, 1.165) is 24.7 Å². The van der Waals surface area contributed by atoms with Gasteiger partial charge in [0.05, 0.1) is 6.61 Å². The van der Waals surface area contributed by atoms with E-state index in [1.54, 1.807) is 0 Å². The Bertz CT molecular complexity index is 209. The number of ether oxygens (including phenoxy) is 1. The van der Waals surface area contributed by atoms with Crippen LogP contribution in [-0.2, 0) is 4.74 Å². The first kappa shape index (κ1) is 9.43. The zero-order valence-electron chi connectivity index (χ0n) is 7.92. The fourth-order valence-corrected chi connectivity index (χ4v) is 2.27. The highest BCUT2D eigenvalue weighted by Gasteiger charge is 2.33. The highest BCUT2D eigenvalue weighted by Crippen LogP contribution is 2.35. The smallest absolute Gasteiger partial charge is 0.128 e. The van der Waals surface area contributed by atoms with E-state index in [1.165, 1.54) is 25.0 Å². The zero-order valence-corrected chi connectivity index (χ0v) is 8.74. The molecule has 72 valence electrons. The van der Waals surface area contributed by atoms with Gasteiger partial charge in [-0.15, -0.1) is 6.42 Å². The summed E-state index contributed by atoms with van der Waals surface area (Å²) in [6.07, 6.45) is 11.5. The molecule has 1 saturated carbocycles. The van der Waals surface area contributed by atoms with E-state index in [0.29, 0.717) is 0 Å². The van der Waals surface area contributed by atoms with Gasteiger partial charge in [0.25, 0.3) is 0 Å². The maximum Gasteiger partial charge on any atom is 0.128 e. The van der Waals surface area contributed by atoms with Gasteiger partial charge in [-0.25, -0.2) is 0 Å². The molecule has 0 N–H and O–H groups in total. The maximum absolute atomic E-state index is 5.89. The third-order valence-corrected chi connectivity index (χ3v) is 3.81. The Kier molecular flexibility index (Phi) is 2.86. The number of hydrogen-bond donors (Lipinski definition) is 0. The molecule has 0 aromatic rings. The van der Waals surface area contributed by atoms with Crippen molar-refractivity contribution in [3.8, 4) is 12.3 Å². The number of thioether (sulfide) groups is 1. The van der Waals surface area contributed by atoms with E-state index in [4.69, 9.17) is 11.2 Å². The van der Waals surface area contributed by atoms with Crippen LogP contribution in [0.25, 0.3) is 0 Å². The van der Waals surface area contributed by atoms with Gasteiger partial charge < -0.3 is 4.74 Å². The quantitative estimate of drug-likeness (QED) is 0.506. The van der Waals surface area contributed by atoms with Crippen LogP contribution in [-0.4, -0.2) is 23.2 Å². The molecule has 2 aliphatic rings. The molecular weight excluding hydrogens is 180 g/mol. The fraction of sp³-hybridized carbons (Fsp3) is 0.818. The molecule has 0 bridgehead atoms. The first-order chi connectivity index (χ1) is 6.35. The molecule has 1 nitrogen and oxygen atoms in total. The molecule has 0 radical (unpaired) electrons. The summed E-state index contributed by atoms with van der Waals surface area (Å²) in [4.78, 5) is 0. The van der Waals surface area contributed by atoms with Crippen LogP contribution in [0.5, 0.6) is 0 Å². The Balaban J connectivity index is 1.85. The Labute approximate surface area is 84.6 Å². The molecule has 0 amide bonds. The highest BCUT2D eigenvalue weighted by molar-refractivity contribution is 8.06. The van der Waals surface area contributed by atoms with Gasteiger partial charge in [0, 0.05) is 11.0 Å². The van der Waals surface area contributed by atoms with Gasteiger partial charge in [0.2, 0.25) is 0 Å². The van der Waals surface area contributed by atoms with E-state index in [-0.39, 0.29) is 5.60 Å². The minimum absolute atomic E-state index is 0.193. The molecule has 1 aliphatic carbocycles. The second kappa shape index (κ2) is 3.94. The third kappa shape index (κ3) is 2.42. The molecule has 2 rings (SSSR count). The second-order valence-electron chi connectivity index (χ2n) is 3.97. The minimum Gasteiger partial charge on any atom is -0.361 e. The summed E-state index contributed by atoms with van der Waals surface area (Å²) >= 11 is 1.97. The van der Waals surface area contributed by atoms with Crippen LogP contribution >= 0.6 is 11.8 Å². The van der Waals surface area contributed by atoms with E-state index >= 15 is 0 Å². The van der Waals surface area contributed by atoms with E-state index in [1.807, 2.05) is 11.8 Å². The van der Waals surface area contributed by atoms with Crippen LogP contribution in [0, 0.1) is 12.3 Å². The van der Waals surface area contributed by atoms with Crippen molar-refractivity contribution in [1.82, 2.24) is 0 Å². The lowest BCUT2D eigenvalue weighted by molar-refractivity contribution is -0.0217. The number of hydrogen-bond acceptors (Lipinski definition) is 2. The first-order valence-electron chi connectivity index (χ1n) is 5.08. The van der Waals surface area contributed by atoms with Crippen molar-refractivity contribution in [3.05, 3.63) is 0 Å². The summed E-state index contributed by atoms with van der Waals surface area (Å²) in [5, 5.41) is 0.743. The van der Waals surface area contributed by atoms with Crippen molar-refractivity contribution in [2.45, 2.75) is 43.0 Å². The van der Waals surface area contributed by atoms with Crippen molar-refractivity contribution in [2.75, 3.05) is 12.4 Å². The van der Waals surface area contributed by atoms with E-state index < -0.39 is 0 Å². The highest BCUT2D eigenvalue weighted by atomic mass is 32.2. The summed E-state index contributed by atoms with van der Waals surface area (Å²) in [6, 6.07) is 0. The van der Waals surface area contributed by atoms with Crippen LogP contribution in [0.1, 0.15) is 32.1 Å². The van der Waals surface area contributed by atoms with Crippen molar-refractivity contribution in [3.63, 3.8) is 0 Å². The molecule has 1 unspecified atom stereocenters. The molecule has 1 atom stereocenters. The average Bonchev–Trinajstić information content (AvgIpc) is 3.00. The first-order valence-corrected chi connectivity index (χ1v) is 6.13. The van der Waals surface area contributed by atoms with Gasteiger partial charge >= 0.3 is 0 Å². The van der Waals surface area contributed by atoms with Crippen molar-refractivity contribution < 1.29 is 4.74 Å². The van der Waals surface area contributed by atoms with Crippen LogP contribution in [0.15, 0.2) is 0 Å². The molecule has 2 fully saturated rings.